The van der Waals surface area contributed by atoms with Crippen LogP contribution in [0.4, 0.5) is 0 Å². The van der Waals surface area contributed by atoms with Gasteiger partial charge in [-0.1, -0.05) is 23.7 Å². The van der Waals surface area contributed by atoms with Crippen molar-refractivity contribution in [2.24, 2.45) is 5.73 Å². The third-order valence-electron chi connectivity index (χ3n) is 4.05. The van der Waals surface area contributed by atoms with Crippen molar-refractivity contribution in [3.63, 3.8) is 0 Å². The molecular weight excluding hydrogens is 356 g/mol. The Bertz CT molecular complexity index is 879. The molecule has 0 fully saturated rings. The van der Waals surface area contributed by atoms with E-state index in [1.807, 2.05) is 47.8 Å². The minimum absolute atomic E-state index is 0.142. The molecule has 6 heteroatoms. The van der Waals surface area contributed by atoms with Crippen LogP contribution in [0.15, 0.2) is 47.8 Å². The molecule has 0 saturated carbocycles. The Hall–Kier alpha value is -2.08. The second-order valence-corrected chi connectivity index (χ2v) is 7.19. The Labute approximate surface area is 155 Å². The fourth-order valence-corrected chi connectivity index (χ4v) is 3.71. The van der Waals surface area contributed by atoms with Crippen molar-refractivity contribution in [1.82, 2.24) is 4.98 Å². The van der Waals surface area contributed by atoms with Crippen molar-refractivity contribution in [3.8, 4) is 22.8 Å². The van der Waals surface area contributed by atoms with Gasteiger partial charge in [-0.3, -0.25) is 0 Å². The van der Waals surface area contributed by atoms with E-state index in [1.54, 1.807) is 11.3 Å². The summed E-state index contributed by atoms with van der Waals surface area (Å²) in [5.41, 5.74) is 9.39. The van der Waals surface area contributed by atoms with Crippen molar-refractivity contribution >= 4 is 22.9 Å². The Morgan fingerprint density at radius 1 is 1.08 bits per heavy atom. The van der Waals surface area contributed by atoms with E-state index in [4.69, 9.17) is 31.8 Å². The fraction of sp³-hybridized carbons (Fsp3) is 0.211. The lowest BCUT2D eigenvalue weighted by Crippen LogP contribution is -2.15. The molecule has 1 aromatic heterocycles. The molecule has 0 saturated heterocycles. The largest absolute Gasteiger partial charge is 0.486 e. The molecule has 0 amide bonds. The molecule has 1 aliphatic rings. The van der Waals surface area contributed by atoms with Crippen LogP contribution in [-0.2, 0) is 6.42 Å². The van der Waals surface area contributed by atoms with Crippen LogP contribution in [0.1, 0.15) is 16.6 Å². The predicted molar refractivity (Wildman–Crippen MR) is 101 cm³/mol. The topological polar surface area (TPSA) is 57.4 Å². The van der Waals surface area contributed by atoms with E-state index in [-0.39, 0.29) is 6.04 Å². The van der Waals surface area contributed by atoms with Gasteiger partial charge in [-0.15, -0.1) is 11.3 Å². The lowest BCUT2D eigenvalue weighted by atomic mass is 10.1. The van der Waals surface area contributed by atoms with E-state index in [0.29, 0.717) is 13.2 Å². The van der Waals surface area contributed by atoms with Gasteiger partial charge < -0.3 is 15.2 Å². The number of benzene rings is 2. The summed E-state index contributed by atoms with van der Waals surface area (Å²) < 4.78 is 11.2. The van der Waals surface area contributed by atoms with Crippen LogP contribution in [-0.4, -0.2) is 18.2 Å². The fourth-order valence-electron chi connectivity index (χ4n) is 2.75. The quantitative estimate of drug-likeness (QED) is 0.733. The number of nitrogens with two attached hydrogens (primary N) is 1. The number of hydrogen-bond donors (Lipinski definition) is 1. The molecular formula is C19H17ClN2O2S. The number of fused-ring (bicyclic) bond motifs is 1. The van der Waals surface area contributed by atoms with Crippen LogP contribution in [0.3, 0.4) is 0 Å². The van der Waals surface area contributed by atoms with Gasteiger partial charge in [-0.25, -0.2) is 4.98 Å². The number of nitrogens with zero attached hydrogens (tertiary/aromatic N) is 1. The van der Waals surface area contributed by atoms with Crippen LogP contribution in [0, 0.1) is 0 Å². The van der Waals surface area contributed by atoms with Crippen LogP contribution in [0.5, 0.6) is 11.5 Å². The molecule has 0 bridgehead atoms. The molecule has 128 valence electrons. The maximum absolute atomic E-state index is 6.34. The van der Waals surface area contributed by atoms with E-state index < -0.39 is 0 Å². The summed E-state index contributed by atoms with van der Waals surface area (Å²) in [5, 5.41) is 3.68. The number of hydrogen-bond acceptors (Lipinski definition) is 5. The van der Waals surface area contributed by atoms with Crippen molar-refractivity contribution < 1.29 is 9.47 Å². The predicted octanol–water partition coefficient (Wildman–Crippen LogP) is 4.48. The van der Waals surface area contributed by atoms with Crippen molar-refractivity contribution in [2.45, 2.75) is 12.5 Å². The van der Waals surface area contributed by atoms with Crippen LogP contribution in [0.2, 0.25) is 5.02 Å². The summed E-state index contributed by atoms with van der Waals surface area (Å²) >= 11 is 7.50. The van der Waals surface area contributed by atoms with Crippen molar-refractivity contribution in [3.05, 3.63) is 63.4 Å². The highest BCUT2D eigenvalue weighted by Gasteiger charge is 2.16. The van der Waals surface area contributed by atoms with Crippen LogP contribution < -0.4 is 15.2 Å². The molecule has 4 nitrogen and oxygen atoms in total. The molecule has 25 heavy (non-hydrogen) atoms. The third kappa shape index (κ3) is 3.63. The second kappa shape index (κ2) is 7.04. The van der Waals surface area contributed by atoms with E-state index in [1.165, 1.54) is 0 Å². The van der Waals surface area contributed by atoms with Gasteiger partial charge in [0.1, 0.15) is 18.2 Å². The lowest BCUT2D eigenvalue weighted by molar-refractivity contribution is 0.171. The number of ether oxygens (including phenoxy) is 2. The number of halogens is 1. The molecule has 1 aliphatic heterocycles. The average molecular weight is 373 g/mol. The second-order valence-electron chi connectivity index (χ2n) is 5.87. The van der Waals surface area contributed by atoms with Crippen LogP contribution >= 0.6 is 22.9 Å². The minimum Gasteiger partial charge on any atom is -0.486 e. The smallest absolute Gasteiger partial charge is 0.162 e. The minimum atomic E-state index is -0.142. The highest BCUT2D eigenvalue weighted by Crippen LogP contribution is 2.35. The molecule has 0 spiro atoms. The zero-order valence-electron chi connectivity index (χ0n) is 13.4. The molecule has 0 radical (unpaired) electrons. The summed E-state index contributed by atoms with van der Waals surface area (Å²) in [6.45, 7) is 1.16. The Morgan fingerprint density at radius 3 is 2.64 bits per heavy atom. The molecule has 1 atom stereocenters. The Morgan fingerprint density at radius 2 is 1.84 bits per heavy atom. The Kier molecular flexibility index (Phi) is 4.61. The first-order valence-corrected chi connectivity index (χ1v) is 9.30. The highest BCUT2D eigenvalue weighted by atomic mass is 35.5. The van der Waals surface area contributed by atoms with Gasteiger partial charge in [-0.2, -0.15) is 0 Å². The summed E-state index contributed by atoms with van der Waals surface area (Å²) in [4.78, 5) is 4.71. The summed E-state index contributed by atoms with van der Waals surface area (Å²) in [6.07, 6.45) is 0.727. The maximum Gasteiger partial charge on any atom is 0.162 e. The van der Waals surface area contributed by atoms with Crippen molar-refractivity contribution in [1.29, 1.82) is 0 Å². The molecule has 0 aliphatic carbocycles. The van der Waals surface area contributed by atoms with E-state index >= 15 is 0 Å². The maximum atomic E-state index is 6.34. The van der Waals surface area contributed by atoms with Gasteiger partial charge in [0.15, 0.2) is 11.5 Å². The van der Waals surface area contributed by atoms with E-state index in [9.17, 15) is 0 Å². The Balaban J connectivity index is 1.52. The SMILES string of the molecule is NC(Cc1ccc(Cl)cc1)c1nc(-c2ccc3c(c2)OCCO3)cs1. The molecule has 3 aromatic rings. The molecule has 1 unspecified atom stereocenters. The van der Waals surface area contributed by atoms with E-state index in [2.05, 4.69) is 0 Å². The lowest BCUT2D eigenvalue weighted by Gasteiger charge is -2.18. The van der Waals surface area contributed by atoms with Gasteiger partial charge in [0.2, 0.25) is 0 Å². The third-order valence-corrected chi connectivity index (χ3v) is 5.27. The first kappa shape index (κ1) is 16.4. The van der Waals surface area contributed by atoms with Gasteiger partial charge in [0.25, 0.3) is 0 Å². The van der Waals surface area contributed by atoms with Crippen molar-refractivity contribution in [2.75, 3.05) is 13.2 Å². The standard InChI is InChI=1S/C19H17ClN2O2S/c20-14-4-1-12(2-5-14)9-15(21)19-22-16(11-25-19)13-3-6-17-18(10-13)24-8-7-23-17/h1-6,10-11,15H,7-9,21H2. The van der Waals surface area contributed by atoms with Gasteiger partial charge >= 0.3 is 0 Å². The average Bonchev–Trinajstić information content (AvgIpc) is 3.13. The molecule has 2 N–H and O–H groups in total. The first-order valence-electron chi connectivity index (χ1n) is 8.04. The van der Waals surface area contributed by atoms with Gasteiger partial charge in [-0.05, 0) is 42.3 Å². The van der Waals surface area contributed by atoms with Crippen LogP contribution in [0.25, 0.3) is 11.3 Å². The zero-order valence-corrected chi connectivity index (χ0v) is 15.0. The van der Waals surface area contributed by atoms with Gasteiger partial charge in [0, 0.05) is 16.0 Å². The molecule has 2 heterocycles. The monoisotopic (exact) mass is 372 g/mol. The normalized spacial score (nSPS) is 14.3. The first-order chi connectivity index (χ1) is 12.2. The number of thiazole rings is 1. The molecule has 2 aromatic carbocycles. The number of rotatable bonds is 4. The van der Waals surface area contributed by atoms with Gasteiger partial charge in [0.05, 0.1) is 11.7 Å². The number of aromatic nitrogens is 1. The molecule has 4 rings (SSSR count). The van der Waals surface area contributed by atoms with E-state index in [0.717, 1.165) is 44.8 Å². The summed E-state index contributed by atoms with van der Waals surface area (Å²) in [6, 6.07) is 13.5. The zero-order chi connectivity index (χ0) is 17.2. The summed E-state index contributed by atoms with van der Waals surface area (Å²) in [7, 11) is 0. The summed E-state index contributed by atoms with van der Waals surface area (Å²) in [5.74, 6) is 1.55. The highest BCUT2D eigenvalue weighted by molar-refractivity contribution is 7.10.